The maximum atomic E-state index is 13.1. The number of rotatable bonds is 2. The van der Waals surface area contributed by atoms with E-state index < -0.39 is 11.6 Å². The SMILES string of the molecule is N#Cc1cc2c(nc1Oc1ccc(F)c(F)c1)CCC2. The molecule has 0 saturated heterocycles. The van der Waals surface area contributed by atoms with Crippen LogP contribution in [0, 0.1) is 23.0 Å². The van der Waals surface area contributed by atoms with E-state index in [1.54, 1.807) is 6.07 Å². The van der Waals surface area contributed by atoms with Crippen LogP contribution in [0.15, 0.2) is 24.3 Å². The molecular formula is C15H10F2N2O. The molecule has 0 fully saturated rings. The number of aryl methyl sites for hydroxylation is 2. The zero-order chi connectivity index (χ0) is 14.1. The van der Waals surface area contributed by atoms with Gasteiger partial charge in [-0.15, -0.1) is 0 Å². The highest BCUT2D eigenvalue weighted by Gasteiger charge is 2.18. The summed E-state index contributed by atoms with van der Waals surface area (Å²) in [5.41, 5.74) is 2.26. The van der Waals surface area contributed by atoms with Crippen LogP contribution in [-0.4, -0.2) is 4.98 Å². The predicted octanol–water partition coefficient (Wildman–Crippen LogP) is 3.51. The Morgan fingerprint density at radius 1 is 1.15 bits per heavy atom. The summed E-state index contributed by atoms with van der Waals surface area (Å²) in [5.74, 6) is -1.69. The fourth-order valence-electron chi connectivity index (χ4n) is 2.26. The fraction of sp³-hybridized carbons (Fsp3) is 0.200. The molecule has 0 spiro atoms. The van der Waals surface area contributed by atoms with Crippen LogP contribution < -0.4 is 4.74 Å². The van der Waals surface area contributed by atoms with Crippen molar-refractivity contribution in [3.8, 4) is 17.7 Å². The van der Waals surface area contributed by atoms with Gasteiger partial charge in [0.1, 0.15) is 17.4 Å². The fourth-order valence-corrected chi connectivity index (χ4v) is 2.26. The van der Waals surface area contributed by atoms with Gasteiger partial charge >= 0.3 is 0 Å². The number of fused-ring (bicyclic) bond motifs is 1. The summed E-state index contributed by atoms with van der Waals surface area (Å²) in [6.45, 7) is 0. The van der Waals surface area contributed by atoms with Gasteiger partial charge in [-0.1, -0.05) is 0 Å². The smallest absolute Gasteiger partial charge is 0.237 e. The van der Waals surface area contributed by atoms with Crippen LogP contribution in [-0.2, 0) is 12.8 Å². The summed E-state index contributed by atoms with van der Waals surface area (Å²) in [4.78, 5) is 4.31. The van der Waals surface area contributed by atoms with E-state index in [9.17, 15) is 8.78 Å². The number of hydrogen-bond acceptors (Lipinski definition) is 3. The summed E-state index contributed by atoms with van der Waals surface area (Å²) in [5, 5.41) is 9.12. The molecule has 5 heteroatoms. The standard InChI is InChI=1S/C15H10F2N2O/c16-12-5-4-11(7-13(12)17)20-15-10(8-18)6-9-2-1-3-14(9)19-15/h4-7H,1-3H2. The molecule has 0 aliphatic heterocycles. The highest BCUT2D eigenvalue weighted by molar-refractivity contribution is 5.45. The molecule has 1 heterocycles. The van der Waals surface area contributed by atoms with E-state index in [2.05, 4.69) is 4.98 Å². The van der Waals surface area contributed by atoms with E-state index >= 15 is 0 Å². The second kappa shape index (κ2) is 4.89. The number of pyridine rings is 1. The van der Waals surface area contributed by atoms with E-state index in [0.29, 0.717) is 5.56 Å². The molecular weight excluding hydrogens is 262 g/mol. The maximum absolute atomic E-state index is 13.1. The molecule has 2 aromatic rings. The first-order valence-corrected chi connectivity index (χ1v) is 6.23. The quantitative estimate of drug-likeness (QED) is 0.840. The molecule has 0 radical (unpaired) electrons. The molecule has 3 nitrogen and oxygen atoms in total. The molecule has 0 amide bonds. The molecule has 1 aliphatic carbocycles. The van der Waals surface area contributed by atoms with Gasteiger partial charge in [0.05, 0.1) is 0 Å². The first-order chi connectivity index (χ1) is 9.67. The van der Waals surface area contributed by atoms with E-state index in [0.717, 1.165) is 42.7 Å². The second-order valence-electron chi connectivity index (χ2n) is 4.59. The molecule has 0 unspecified atom stereocenters. The van der Waals surface area contributed by atoms with Crippen LogP contribution in [0.5, 0.6) is 11.6 Å². The van der Waals surface area contributed by atoms with Crippen molar-refractivity contribution in [2.45, 2.75) is 19.3 Å². The van der Waals surface area contributed by atoms with Crippen molar-refractivity contribution in [3.63, 3.8) is 0 Å². The summed E-state index contributed by atoms with van der Waals surface area (Å²) >= 11 is 0. The molecule has 0 saturated carbocycles. The molecule has 1 aromatic carbocycles. The summed E-state index contributed by atoms with van der Waals surface area (Å²) in [6.07, 6.45) is 2.75. The second-order valence-corrected chi connectivity index (χ2v) is 4.59. The Morgan fingerprint density at radius 3 is 2.75 bits per heavy atom. The third kappa shape index (κ3) is 2.21. The van der Waals surface area contributed by atoms with Gasteiger partial charge in [0.2, 0.25) is 5.88 Å². The topological polar surface area (TPSA) is 45.9 Å². The molecule has 100 valence electrons. The van der Waals surface area contributed by atoms with Crippen molar-refractivity contribution in [3.05, 3.63) is 52.7 Å². The zero-order valence-corrected chi connectivity index (χ0v) is 10.5. The summed E-state index contributed by atoms with van der Waals surface area (Å²) in [6, 6.07) is 6.98. The lowest BCUT2D eigenvalue weighted by atomic mass is 10.1. The Bertz CT molecular complexity index is 723. The molecule has 3 rings (SSSR count). The van der Waals surface area contributed by atoms with Gasteiger partial charge in [-0.2, -0.15) is 5.26 Å². The van der Waals surface area contributed by atoms with Gasteiger partial charge in [0.25, 0.3) is 0 Å². The lowest BCUT2D eigenvalue weighted by Gasteiger charge is -2.09. The van der Waals surface area contributed by atoms with Crippen molar-refractivity contribution in [1.82, 2.24) is 4.98 Å². The lowest BCUT2D eigenvalue weighted by Crippen LogP contribution is -1.97. The number of ether oxygens (including phenoxy) is 1. The third-order valence-corrected chi connectivity index (χ3v) is 3.24. The van der Waals surface area contributed by atoms with Gasteiger partial charge < -0.3 is 4.74 Å². The minimum Gasteiger partial charge on any atom is -0.438 e. The van der Waals surface area contributed by atoms with E-state index in [1.807, 2.05) is 6.07 Å². The monoisotopic (exact) mass is 272 g/mol. The number of aromatic nitrogens is 1. The highest BCUT2D eigenvalue weighted by Crippen LogP contribution is 2.29. The Labute approximate surface area is 114 Å². The number of halogens is 2. The Balaban J connectivity index is 1.98. The minimum atomic E-state index is -0.998. The molecule has 20 heavy (non-hydrogen) atoms. The van der Waals surface area contributed by atoms with E-state index in [4.69, 9.17) is 10.00 Å². The number of nitrogens with zero attached hydrogens (tertiary/aromatic N) is 2. The number of nitriles is 1. The lowest BCUT2D eigenvalue weighted by molar-refractivity contribution is 0.445. The van der Waals surface area contributed by atoms with Crippen molar-refractivity contribution in [1.29, 1.82) is 5.26 Å². The average molecular weight is 272 g/mol. The van der Waals surface area contributed by atoms with Gasteiger partial charge in [-0.25, -0.2) is 13.8 Å². The van der Waals surface area contributed by atoms with Gasteiger partial charge in [-0.05, 0) is 43.0 Å². The largest absolute Gasteiger partial charge is 0.438 e. The van der Waals surface area contributed by atoms with Gasteiger partial charge in [0.15, 0.2) is 11.6 Å². The van der Waals surface area contributed by atoms with Gasteiger partial charge in [-0.3, -0.25) is 0 Å². The van der Waals surface area contributed by atoms with Crippen LogP contribution >= 0.6 is 0 Å². The van der Waals surface area contributed by atoms with Crippen LogP contribution in [0.4, 0.5) is 8.78 Å². The predicted molar refractivity (Wildman–Crippen MR) is 67.4 cm³/mol. The summed E-state index contributed by atoms with van der Waals surface area (Å²) in [7, 11) is 0. The zero-order valence-electron chi connectivity index (χ0n) is 10.5. The number of benzene rings is 1. The highest BCUT2D eigenvalue weighted by atomic mass is 19.2. The number of hydrogen-bond donors (Lipinski definition) is 0. The molecule has 0 atom stereocenters. The average Bonchev–Trinajstić information content (AvgIpc) is 2.89. The Hall–Kier alpha value is -2.48. The molecule has 1 aliphatic rings. The van der Waals surface area contributed by atoms with Crippen LogP contribution in [0.1, 0.15) is 23.2 Å². The normalized spacial score (nSPS) is 12.8. The van der Waals surface area contributed by atoms with Crippen LogP contribution in [0.2, 0.25) is 0 Å². The third-order valence-electron chi connectivity index (χ3n) is 3.24. The van der Waals surface area contributed by atoms with Crippen molar-refractivity contribution in [2.75, 3.05) is 0 Å². The molecule has 0 bridgehead atoms. The minimum absolute atomic E-state index is 0.117. The van der Waals surface area contributed by atoms with Gasteiger partial charge in [0, 0.05) is 11.8 Å². The Kier molecular flexibility index (Phi) is 3.07. The summed E-state index contributed by atoms with van der Waals surface area (Å²) < 4.78 is 31.4. The van der Waals surface area contributed by atoms with E-state index in [-0.39, 0.29) is 11.6 Å². The maximum Gasteiger partial charge on any atom is 0.237 e. The van der Waals surface area contributed by atoms with Crippen LogP contribution in [0.3, 0.4) is 0 Å². The van der Waals surface area contributed by atoms with Crippen molar-refractivity contribution >= 4 is 0 Å². The van der Waals surface area contributed by atoms with Crippen LogP contribution in [0.25, 0.3) is 0 Å². The molecule has 1 aromatic heterocycles. The Morgan fingerprint density at radius 2 is 2.00 bits per heavy atom. The van der Waals surface area contributed by atoms with Crippen molar-refractivity contribution in [2.24, 2.45) is 0 Å². The van der Waals surface area contributed by atoms with Crippen molar-refractivity contribution < 1.29 is 13.5 Å². The molecule has 0 N–H and O–H groups in total. The first kappa shape index (κ1) is 12.5. The first-order valence-electron chi connectivity index (χ1n) is 6.23. The van der Waals surface area contributed by atoms with E-state index in [1.165, 1.54) is 6.07 Å².